The Morgan fingerprint density at radius 2 is 0.504 bits per heavy atom. The molecule has 0 saturated heterocycles. The molecule has 12 aromatic carbocycles. The molecule has 115 heavy (non-hydrogen) atoms. The van der Waals surface area contributed by atoms with Crippen molar-refractivity contribution in [2.24, 2.45) is 0 Å². The molecule has 0 atom stereocenters. The summed E-state index contributed by atoms with van der Waals surface area (Å²) in [7, 11) is 0. The summed E-state index contributed by atoms with van der Waals surface area (Å²) in [6.07, 6.45) is 19.0. The lowest BCUT2D eigenvalue weighted by Crippen LogP contribution is -2.14. The first-order valence-electron chi connectivity index (χ1n) is 41.3. The third kappa shape index (κ3) is 27.5. The van der Waals surface area contributed by atoms with Crippen LogP contribution in [0.1, 0.15) is 121 Å². The monoisotopic (exact) mass is 1620 g/mol. The standard InChI is InChI=1S/C10H12.2C9H10O.2C9H10S.C9H10.C8H8O2.C8H8OS.2C8H8O.2C8H8S/c1-2-6-10-8-4-3-7-9(10)5-1;1-2-6-9-8(4-1)5-3-7-10-9;1-2-4-9-7-10-6-5-8(9)3-1;1-2-6-9-8(4-1)5-3-7-10-9;1-2-4-9-7-10-6-5-8(9)3-1;1-2-5-9-7-3-6-8(9)4-1;2*1-2-4-8-7(3-1)9-5-6-10-8;1-2-4-8-6-9-5-7(8)3-1;1-2-4-8-7(3-1)5-6-9-8;1-2-4-8-6-9-5-7(8)3-1;1-2-4-8-7(3-1)5-6-9-8/h1-2,5-6H,3-4,7-8H2;1-2,4,6H,3,5,7H2;1-4H,5-7H2;1-2,4,6H,3,5,7H2;1-4H,5-7H2;1-2,4-5H,3,6-7H2;2*1-4H,5-6H2;4*1-4H,5-6H2. The smallest absolute Gasteiger partial charge is 0.161 e. The van der Waals surface area contributed by atoms with E-state index in [-0.39, 0.29) is 0 Å². The van der Waals surface area contributed by atoms with Crippen molar-refractivity contribution >= 4 is 58.8 Å². The van der Waals surface area contributed by atoms with Crippen molar-refractivity contribution in [3.05, 3.63) is 380 Å². The minimum absolute atomic E-state index is 0.664. The van der Waals surface area contributed by atoms with Crippen LogP contribution >= 0.6 is 58.8 Å². The van der Waals surface area contributed by atoms with Crippen LogP contribution in [0.4, 0.5) is 0 Å². The second-order valence-corrected chi connectivity index (χ2v) is 34.6. The van der Waals surface area contributed by atoms with E-state index in [1.165, 1.54) is 176 Å². The third-order valence-electron chi connectivity index (χ3n) is 21.1. The number of hydrogen-bond donors (Lipinski definition) is 0. The van der Waals surface area contributed by atoms with Gasteiger partial charge in [0.2, 0.25) is 0 Å². The van der Waals surface area contributed by atoms with Crippen LogP contribution < -0.4 is 23.7 Å². The van der Waals surface area contributed by atoms with Gasteiger partial charge in [0.05, 0.1) is 46.2 Å². The molecule has 24 rings (SSSR count). The lowest BCUT2D eigenvalue weighted by atomic mass is 9.92. The summed E-state index contributed by atoms with van der Waals surface area (Å²) in [6, 6.07) is 101. The Kier molecular flexibility index (Phi) is 35.2. The van der Waals surface area contributed by atoms with Crippen LogP contribution in [-0.4, -0.2) is 62.7 Å². The Labute approximate surface area is 706 Å². The molecule has 0 aromatic heterocycles. The van der Waals surface area contributed by atoms with Gasteiger partial charge in [-0.3, -0.25) is 0 Å². The average molecular weight is 1620 g/mol. The largest absolute Gasteiger partial charge is 0.493 e. The predicted octanol–water partition coefficient (Wildman–Crippen LogP) is 25.4. The van der Waals surface area contributed by atoms with Crippen molar-refractivity contribution in [3.8, 4) is 28.7 Å². The maximum atomic E-state index is 5.42. The van der Waals surface area contributed by atoms with E-state index in [9.17, 15) is 0 Å². The van der Waals surface area contributed by atoms with Crippen molar-refractivity contribution in [1.29, 1.82) is 0 Å². The zero-order valence-electron chi connectivity index (χ0n) is 66.5. The number of hydrogen-bond acceptors (Lipinski definition) is 12. The molecule has 10 heterocycles. The van der Waals surface area contributed by atoms with Gasteiger partial charge in [0, 0.05) is 49.9 Å². The van der Waals surface area contributed by atoms with Crippen molar-refractivity contribution in [1.82, 2.24) is 0 Å². The maximum absolute atomic E-state index is 5.42. The zero-order chi connectivity index (χ0) is 78.2. The molecule has 0 bridgehead atoms. The number of aryl methyl sites for hydroxylation is 8. The van der Waals surface area contributed by atoms with Crippen molar-refractivity contribution in [3.63, 3.8) is 0 Å². The van der Waals surface area contributed by atoms with Crippen LogP contribution in [-0.2, 0) is 111 Å². The van der Waals surface area contributed by atoms with Gasteiger partial charge in [-0.15, -0.1) is 35.3 Å². The van der Waals surface area contributed by atoms with E-state index in [2.05, 4.69) is 206 Å². The van der Waals surface area contributed by atoms with E-state index in [1.54, 1.807) is 38.9 Å². The van der Waals surface area contributed by atoms with E-state index >= 15 is 0 Å². The Hall–Kier alpha value is -8.69. The molecule has 0 amide bonds. The predicted molar refractivity (Wildman–Crippen MR) is 486 cm³/mol. The fraction of sp³-hybridized carbons (Fsp3) is 0.301. The van der Waals surface area contributed by atoms with Crippen LogP contribution in [0.3, 0.4) is 0 Å². The molecule has 594 valence electrons. The molecule has 2 aliphatic carbocycles. The number of benzene rings is 12. The molecule has 10 aliphatic heterocycles. The number of para-hydroxylation sites is 5. The average Bonchev–Trinajstić information content (AvgIpc) is 1.62. The summed E-state index contributed by atoms with van der Waals surface area (Å²) >= 11 is 9.86. The zero-order valence-corrected chi connectivity index (χ0v) is 70.6. The van der Waals surface area contributed by atoms with E-state index in [0.29, 0.717) is 13.2 Å². The van der Waals surface area contributed by atoms with E-state index in [0.717, 1.165) is 100 Å². The van der Waals surface area contributed by atoms with Gasteiger partial charge in [0.1, 0.15) is 30.5 Å². The Bertz CT molecular complexity index is 3810. The molecular weight excluding hydrogens is 1510 g/mol. The lowest BCUT2D eigenvalue weighted by molar-refractivity contribution is 0.111. The number of ether oxygens (including phenoxy) is 7. The second kappa shape index (κ2) is 48.1. The van der Waals surface area contributed by atoms with Crippen molar-refractivity contribution in [2.75, 3.05) is 62.7 Å². The molecular formula is C103H110O7S5. The highest BCUT2D eigenvalue weighted by Gasteiger charge is 2.16. The van der Waals surface area contributed by atoms with Crippen LogP contribution in [0.2, 0.25) is 0 Å². The normalized spacial score (nSPS) is 15.7. The second-order valence-electron chi connectivity index (χ2n) is 29.1. The number of thioether (sulfide) groups is 5. The summed E-state index contributed by atoms with van der Waals surface area (Å²) < 4.78 is 37.2. The highest BCUT2D eigenvalue weighted by Crippen LogP contribution is 2.35. The highest BCUT2D eigenvalue weighted by molar-refractivity contribution is 8.00. The van der Waals surface area contributed by atoms with Crippen molar-refractivity contribution < 1.29 is 33.2 Å². The minimum Gasteiger partial charge on any atom is -0.493 e. The van der Waals surface area contributed by atoms with Gasteiger partial charge in [-0.2, -0.15) is 23.5 Å². The van der Waals surface area contributed by atoms with Gasteiger partial charge in [-0.1, -0.05) is 243 Å². The SMILES string of the molecule is c1ccc2c(c1)CCC2.c1ccc2c(c1)CCCC2.c1ccc2c(c1)CCCO2.c1ccc2c(c1)CCCS2.c1ccc2c(c1)CCO2.c1ccc2c(c1)CCOC2.c1ccc2c(c1)CCS2.c1ccc2c(c1)CCSC2.c1ccc2c(c1)COC2.c1ccc2c(c1)CSC2.c1ccc2c(c1)OCCO2.c1ccc2c(c1)OCCS2. The third-order valence-corrected chi connectivity index (χ3v) is 26.4. The first kappa shape index (κ1) is 84.2. The number of rotatable bonds is 0. The van der Waals surface area contributed by atoms with Gasteiger partial charge in [0.25, 0.3) is 0 Å². The van der Waals surface area contributed by atoms with Gasteiger partial charge < -0.3 is 33.2 Å². The Morgan fingerprint density at radius 3 is 1.02 bits per heavy atom. The fourth-order valence-corrected chi connectivity index (χ4v) is 19.9. The molecule has 0 N–H and O–H groups in total. The van der Waals surface area contributed by atoms with Gasteiger partial charge >= 0.3 is 0 Å². The van der Waals surface area contributed by atoms with Gasteiger partial charge in [-0.25, -0.2) is 0 Å². The van der Waals surface area contributed by atoms with E-state index in [1.807, 2.05) is 144 Å². The fourth-order valence-electron chi connectivity index (χ4n) is 14.8. The van der Waals surface area contributed by atoms with Crippen LogP contribution in [0.25, 0.3) is 0 Å². The van der Waals surface area contributed by atoms with Crippen LogP contribution in [0.15, 0.2) is 306 Å². The van der Waals surface area contributed by atoms with Gasteiger partial charge in [-0.05, 0) is 239 Å². The molecule has 12 aromatic rings. The first-order valence-corrected chi connectivity index (χ1v) is 46.6. The highest BCUT2D eigenvalue weighted by atomic mass is 32.2. The molecule has 0 saturated carbocycles. The Balaban J connectivity index is 0.000000109. The molecule has 12 aliphatic rings. The summed E-state index contributed by atoms with van der Waals surface area (Å²) in [5.74, 6) is 13.5. The summed E-state index contributed by atoms with van der Waals surface area (Å²) in [6.45, 7) is 7.21. The number of fused-ring (bicyclic) bond motifs is 12. The minimum atomic E-state index is 0.664. The quantitative estimate of drug-likeness (QED) is 0.145. The van der Waals surface area contributed by atoms with Crippen molar-refractivity contribution in [2.45, 2.75) is 148 Å². The Morgan fingerprint density at radius 1 is 0.174 bits per heavy atom. The maximum Gasteiger partial charge on any atom is 0.161 e. The topological polar surface area (TPSA) is 64.6 Å². The van der Waals surface area contributed by atoms with Crippen LogP contribution in [0.5, 0.6) is 28.7 Å². The summed E-state index contributed by atoms with van der Waals surface area (Å²) in [5, 5.41) is 0. The first-order chi connectivity index (χ1) is 57.1. The molecule has 7 nitrogen and oxygen atoms in total. The molecule has 0 unspecified atom stereocenters. The molecule has 0 radical (unpaired) electrons. The molecule has 12 heteroatoms. The van der Waals surface area contributed by atoms with E-state index < -0.39 is 0 Å². The molecule has 0 spiro atoms. The van der Waals surface area contributed by atoms with E-state index in [4.69, 9.17) is 33.2 Å². The lowest BCUT2D eigenvalue weighted by Gasteiger charge is -2.17. The summed E-state index contributed by atoms with van der Waals surface area (Å²) in [4.78, 5) is 4.25. The molecule has 0 fully saturated rings. The van der Waals surface area contributed by atoms with Gasteiger partial charge in [0.15, 0.2) is 11.5 Å². The van der Waals surface area contributed by atoms with Crippen LogP contribution in [0, 0.1) is 0 Å². The summed E-state index contributed by atoms with van der Waals surface area (Å²) in [5.41, 5.74) is 23.7.